The van der Waals surface area contributed by atoms with Gasteiger partial charge in [-0.25, -0.2) is 26.9 Å². The van der Waals surface area contributed by atoms with Gasteiger partial charge in [0.1, 0.15) is 12.8 Å². The molecule has 2 unspecified atom stereocenters. The molecular formula is C35H49F6NO2. The molecule has 0 saturated heterocycles. The molecular weight excluding hydrogens is 580 g/mol. The highest BCUT2D eigenvalue weighted by molar-refractivity contribution is 5.63. The van der Waals surface area contributed by atoms with Gasteiger partial charge in [0.15, 0.2) is 17.4 Å². The average Bonchev–Trinajstić information content (AvgIpc) is 2.99. The normalized spacial score (nSPS) is 16.6. The van der Waals surface area contributed by atoms with Gasteiger partial charge >= 0.3 is 0 Å². The summed E-state index contributed by atoms with van der Waals surface area (Å²) in [6, 6.07) is 3.54. The molecule has 2 atom stereocenters. The van der Waals surface area contributed by atoms with Crippen LogP contribution in [0.1, 0.15) is 121 Å². The van der Waals surface area contributed by atoms with E-state index in [0.717, 1.165) is 70.3 Å². The van der Waals surface area contributed by atoms with Crippen molar-refractivity contribution in [3.63, 3.8) is 0 Å². The van der Waals surface area contributed by atoms with Crippen molar-refractivity contribution in [3.05, 3.63) is 46.9 Å². The maximum atomic E-state index is 15.4. The van der Waals surface area contributed by atoms with Crippen LogP contribution in [-0.4, -0.2) is 31.0 Å². The van der Waals surface area contributed by atoms with Crippen LogP contribution in [0.3, 0.4) is 0 Å². The second-order valence-electron chi connectivity index (χ2n) is 12.1. The third kappa shape index (κ3) is 10.4. The molecule has 1 aromatic carbocycles. The average molecular weight is 630 g/mol. The largest absolute Gasteiger partial charge is 0.486 e. The molecule has 0 radical (unpaired) electrons. The van der Waals surface area contributed by atoms with E-state index in [9.17, 15) is 8.78 Å². The highest BCUT2D eigenvalue weighted by Crippen LogP contribution is 2.49. The Hall–Kier alpha value is -2.29. The highest BCUT2D eigenvalue weighted by Gasteiger charge is 2.48. The Labute approximate surface area is 259 Å². The van der Waals surface area contributed by atoms with Crippen LogP contribution in [0.4, 0.5) is 26.3 Å². The molecule has 1 aliphatic carbocycles. The molecule has 44 heavy (non-hydrogen) atoms. The minimum Gasteiger partial charge on any atom is -0.486 e. The van der Waals surface area contributed by atoms with Gasteiger partial charge < -0.3 is 9.47 Å². The molecule has 0 fully saturated rings. The molecule has 1 aliphatic rings. The smallest absolute Gasteiger partial charge is 0.279 e. The first-order chi connectivity index (χ1) is 21.2. The van der Waals surface area contributed by atoms with Crippen molar-refractivity contribution >= 4 is 0 Å². The maximum Gasteiger partial charge on any atom is 0.279 e. The van der Waals surface area contributed by atoms with Gasteiger partial charge in [-0.05, 0) is 62.3 Å². The molecule has 1 aromatic heterocycles. The van der Waals surface area contributed by atoms with E-state index in [-0.39, 0.29) is 42.9 Å². The third-order valence-corrected chi connectivity index (χ3v) is 8.51. The van der Waals surface area contributed by atoms with Gasteiger partial charge in [-0.2, -0.15) is 4.39 Å². The quantitative estimate of drug-likeness (QED) is 0.0782. The topological polar surface area (TPSA) is 31.4 Å². The summed E-state index contributed by atoms with van der Waals surface area (Å²) in [5.41, 5.74) is -1.56. The molecule has 2 aromatic rings. The van der Waals surface area contributed by atoms with Gasteiger partial charge in [-0.15, -0.1) is 0 Å². The Morgan fingerprint density at radius 3 is 2.25 bits per heavy atom. The first kappa shape index (κ1) is 36.2. The molecule has 9 heteroatoms. The summed E-state index contributed by atoms with van der Waals surface area (Å²) >= 11 is 0. The fraction of sp³-hybridized carbons (Fsp3) is 0.686. The standard InChI is InChI=1S/C35H49F6NO2/c1-3-5-7-8-9-12-16-27(36)24-44-30-20-19-29(42-34(30)39)28-23-25-17-18-26(35(40,41)31(25)33(38)32(28)37)15-11-10-14-22-43-21-13-6-4-2/h19-20,23,26-27H,3-18,21-22,24H2,1-2H3. The van der Waals surface area contributed by atoms with Crippen molar-refractivity contribution in [2.24, 2.45) is 5.92 Å². The number of benzene rings is 1. The van der Waals surface area contributed by atoms with Crippen LogP contribution >= 0.6 is 0 Å². The molecule has 0 bridgehead atoms. The number of ether oxygens (including phenoxy) is 2. The van der Waals surface area contributed by atoms with Crippen LogP contribution in [0.2, 0.25) is 0 Å². The van der Waals surface area contributed by atoms with Crippen molar-refractivity contribution in [3.8, 4) is 17.0 Å². The van der Waals surface area contributed by atoms with Crippen molar-refractivity contribution in [2.45, 2.75) is 129 Å². The van der Waals surface area contributed by atoms with Crippen molar-refractivity contribution in [1.82, 2.24) is 4.98 Å². The third-order valence-electron chi connectivity index (χ3n) is 8.51. The van der Waals surface area contributed by atoms with E-state index in [2.05, 4.69) is 18.8 Å². The molecule has 248 valence electrons. The zero-order valence-corrected chi connectivity index (χ0v) is 26.4. The van der Waals surface area contributed by atoms with Crippen LogP contribution in [0.15, 0.2) is 18.2 Å². The molecule has 1 heterocycles. The summed E-state index contributed by atoms with van der Waals surface area (Å²) in [5.74, 6) is -9.15. The minimum absolute atomic E-state index is 0.00173. The first-order valence-corrected chi connectivity index (χ1v) is 16.6. The number of nitrogens with zero attached hydrogens (tertiary/aromatic N) is 1. The molecule has 0 aliphatic heterocycles. The fourth-order valence-electron chi connectivity index (χ4n) is 5.88. The molecule has 3 rings (SSSR count). The van der Waals surface area contributed by atoms with Crippen LogP contribution < -0.4 is 4.74 Å². The van der Waals surface area contributed by atoms with E-state index in [1.165, 1.54) is 12.1 Å². The van der Waals surface area contributed by atoms with Gasteiger partial charge in [0.05, 0.1) is 11.3 Å². The van der Waals surface area contributed by atoms with Gasteiger partial charge in [-0.1, -0.05) is 78.1 Å². The van der Waals surface area contributed by atoms with Crippen LogP contribution in [0, 0.1) is 23.5 Å². The summed E-state index contributed by atoms with van der Waals surface area (Å²) in [5, 5.41) is 0. The molecule has 0 N–H and O–H groups in total. The number of aryl methyl sites for hydroxylation is 1. The van der Waals surface area contributed by atoms with E-state index >= 15 is 17.6 Å². The lowest BCUT2D eigenvalue weighted by Crippen LogP contribution is -2.33. The van der Waals surface area contributed by atoms with E-state index in [1.807, 2.05) is 0 Å². The number of rotatable bonds is 21. The fourth-order valence-corrected chi connectivity index (χ4v) is 5.88. The highest BCUT2D eigenvalue weighted by atomic mass is 19.3. The van der Waals surface area contributed by atoms with Crippen molar-refractivity contribution in [1.29, 1.82) is 0 Å². The maximum absolute atomic E-state index is 15.4. The Kier molecular flexibility index (Phi) is 15.3. The SMILES string of the molecule is CCCCCCCCC(F)COc1ccc(-c2cc3c(c(F)c2F)C(F)(F)C(CCCCCOCCCCC)CC3)nc1F. The zero-order valence-electron chi connectivity index (χ0n) is 26.4. The lowest BCUT2D eigenvalue weighted by Gasteiger charge is -2.34. The van der Waals surface area contributed by atoms with Gasteiger partial charge in [0, 0.05) is 24.7 Å². The number of hydrogen-bond donors (Lipinski definition) is 0. The second-order valence-corrected chi connectivity index (χ2v) is 12.1. The van der Waals surface area contributed by atoms with Crippen LogP contribution in [0.5, 0.6) is 5.75 Å². The van der Waals surface area contributed by atoms with E-state index in [1.54, 1.807) is 0 Å². The number of halogens is 6. The first-order valence-electron chi connectivity index (χ1n) is 16.6. The lowest BCUT2D eigenvalue weighted by atomic mass is 9.77. The molecule has 3 nitrogen and oxygen atoms in total. The number of alkyl halides is 3. The Balaban J connectivity index is 1.57. The Morgan fingerprint density at radius 2 is 1.52 bits per heavy atom. The predicted octanol–water partition coefficient (Wildman–Crippen LogP) is 11.1. The summed E-state index contributed by atoms with van der Waals surface area (Å²) in [4.78, 5) is 3.69. The van der Waals surface area contributed by atoms with Gasteiger partial charge in [-0.3, -0.25) is 0 Å². The predicted molar refractivity (Wildman–Crippen MR) is 162 cm³/mol. The number of fused-ring (bicyclic) bond motifs is 1. The van der Waals surface area contributed by atoms with Gasteiger partial charge in [0.2, 0.25) is 0 Å². The molecule has 0 saturated carbocycles. The second kappa shape index (κ2) is 18.6. The zero-order chi connectivity index (χ0) is 32.0. The summed E-state index contributed by atoms with van der Waals surface area (Å²) in [6.45, 7) is 5.20. The summed E-state index contributed by atoms with van der Waals surface area (Å²) in [7, 11) is 0. The Bertz CT molecular complexity index is 1140. The van der Waals surface area contributed by atoms with Crippen LogP contribution in [0.25, 0.3) is 11.3 Å². The summed E-state index contributed by atoms with van der Waals surface area (Å²) in [6.07, 6.45) is 10.9. The number of unbranched alkanes of at least 4 members (excludes halogenated alkanes) is 9. The van der Waals surface area contributed by atoms with E-state index < -0.39 is 46.7 Å². The number of pyridine rings is 1. The Morgan fingerprint density at radius 1 is 0.864 bits per heavy atom. The van der Waals surface area contributed by atoms with Crippen LogP contribution in [-0.2, 0) is 17.1 Å². The lowest BCUT2D eigenvalue weighted by molar-refractivity contribution is -0.0823. The molecule has 0 amide bonds. The van der Waals surface area contributed by atoms with Crippen molar-refractivity contribution in [2.75, 3.05) is 19.8 Å². The molecule has 0 spiro atoms. The summed E-state index contributed by atoms with van der Waals surface area (Å²) < 4.78 is 101. The number of hydrogen-bond acceptors (Lipinski definition) is 3. The van der Waals surface area contributed by atoms with Gasteiger partial charge in [0.25, 0.3) is 11.9 Å². The van der Waals surface area contributed by atoms with Crippen molar-refractivity contribution < 1.29 is 35.8 Å². The number of aromatic nitrogens is 1. The minimum atomic E-state index is -3.53. The van der Waals surface area contributed by atoms with E-state index in [0.29, 0.717) is 32.5 Å². The monoisotopic (exact) mass is 629 g/mol. The van der Waals surface area contributed by atoms with E-state index in [4.69, 9.17) is 9.47 Å².